The summed E-state index contributed by atoms with van der Waals surface area (Å²) < 4.78 is 89.6. The van der Waals surface area contributed by atoms with Gasteiger partial charge < -0.3 is 24.3 Å². The number of nitrogens with one attached hydrogen (secondary N) is 1. The predicted octanol–water partition coefficient (Wildman–Crippen LogP) is 4.65. The van der Waals surface area contributed by atoms with E-state index in [1.165, 1.54) is 7.11 Å². The molecule has 0 unspecified atom stereocenters. The highest BCUT2D eigenvalue weighted by molar-refractivity contribution is 5.91. The minimum atomic E-state index is -5.03. The lowest BCUT2D eigenvalue weighted by atomic mass is 10.1. The third-order valence-electron chi connectivity index (χ3n) is 5.27. The fourth-order valence-electron chi connectivity index (χ4n) is 3.63. The molecule has 1 fully saturated rings. The number of benzene rings is 2. The summed E-state index contributed by atoms with van der Waals surface area (Å²) in [5, 5.41) is 3.24. The maximum Gasteiger partial charge on any atom is 0.419 e. The number of anilines is 1. The number of aryl methyl sites for hydroxylation is 1. The Morgan fingerprint density at radius 1 is 1.09 bits per heavy atom. The van der Waals surface area contributed by atoms with E-state index in [0.717, 1.165) is 0 Å². The van der Waals surface area contributed by atoms with Gasteiger partial charge in [-0.1, -0.05) is 0 Å². The standard InChI is InChI=1S/C23H22F5N3O4/c1-12-30-18-8-19(32-2)20(35-11-15-10-33-3-4-34-15)7-16(18)22(31-12)29-9-13-5-14(24)6-17(21(13)25)23(26,27)28/h5-8,15H,3-4,9-11H2,1-2H3,(H,29,30,31)/t15-/m0/s1. The summed E-state index contributed by atoms with van der Waals surface area (Å²) >= 11 is 0. The van der Waals surface area contributed by atoms with Crippen LogP contribution < -0.4 is 14.8 Å². The van der Waals surface area contributed by atoms with E-state index in [9.17, 15) is 22.0 Å². The Kier molecular flexibility index (Phi) is 7.22. The molecule has 0 bridgehead atoms. The number of halogens is 5. The van der Waals surface area contributed by atoms with E-state index in [4.69, 9.17) is 18.9 Å². The van der Waals surface area contributed by atoms with Crippen molar-refractivity contribution in [1.29, 1.82) is 0 Å². The minimum Gasteiger partial charge on any atom is -0.493 e. The molecule has 1 aromatic heterocycles. The highest BCUT2D eigenvalue weighted by Crippen LogP contribution is 2.36. The molecule has 2 aromatic carbocycles. The Bertz CT molecular complexity index is 1220. The molecular formula is C23H22F5N3O4. The fraction of sp³-hybridized carbons (Fsp3) is 0.391. The first-order chi connectivity index (χ1) is 16.7. The Morgan fingerprint density at radius 3 is 2.57 bits per heavy atom. The Labute approximate surface area is 197 Å². The first kappa shape index (κ1) is 24.9. The average Bonchev–Trinajstić information content (AvgIpc) is 2.82. The molecule has 4 rings (SSSR count). The van der Waals surface area contributed by atoms with Crippen molar-refractivity contribution in [2.75, 3.05) is 38.9 Å². The number of alkyl halides is 3. The molecule has 188 valence electrons. The van der Waals surface area contributed by atoms with Crippen molar-refractivity contribution in [2.45, 2.75) is 25.7 Å². The zero-order valence-corrected chi connectivity index (χ0v) is 18.8. The lowest BCUT2D eigenvalue weighted by molar-refractivity contribution is -0.140. The van der Waals surface area contributed by atoms with Gasteiger partial charge in [0.15, 0.2) is 11.5 Å². The van der Waals surface area contributed by atoms with Crippen LogP contribution >= 0.6 is 0 Å². The van der Waals surface area contributed by atoms with Gasteiger partial charge >= 0.3 is 6.18 Å². The van der Waals surface area contributed by atoms with Crippen LogP contribution in [0.2, 0.25) is 0 Å². The van der Waals surface area contributed by atoms with E-state index in [-0.39, 0.29) is 24.6 Å². The second kappa shape index (κ2) is 10.2. The van der Waals surface area contributed by atoms with Crippen molar-refractivity contribution in [2.24, 2.45) is 0 Å². The van der Waals surface area contributed by atoms with Gasteiger partial charge in [-0.05, 0) is 25.1 Å². The number of nitrogens with zero attached hydrogens (tertiary/aromatic N) is 2. The van der Waals surface area contributed by atoms with E-state index in [1.54, 1.807) is 19.1 Å². The van der Waals surface area contributed by atoms with E-state index in [1.807, 2.05) is 0 Å². The number of methoxy groups -OCH3 is 1. The molecule has 7 nitrogen and oxygen atoms in total. The zero-order chi connectivity index (χ0) is 25.2. The summed E-state index contributed by atoms with van der Waals surface area (Å²) in [5.74, 6) is -1.46. The van der Waals surface area contributed by atoms with Gasteiger partial charge in [0.2, 0.25) is 0 Å². The molecule has 1 saturated heterocycles. The highest BCUT2D eigenvalue weighted by atomic mass is 19.4. The smallest absolute Gasteiger partial charge is 0.419 e. The maximum atomic E-state index is 14.5. The fourth-order valence-corrected chi connectivity index (χ4v) is 3.63. The molecule has 3 aromatic rings. The van der Waals surface area contributed by atoms with E-state index in [0.29, 0.717) is 54.1 Å². The molecule has 1 aliphatic heterocycles. The number of aromatic nitrogens is 2. The average molecular weight is 499 g/mol. The van der Waals surface area contributed by atoms with Gasteiger partial charge in [-0.25, -0.2) is 18.7 Å². The summed E-state index contributed by atoms with van der Waals surface area (Å²) in [5.41, 5.74) is -1.72. The quantitative estimate of drug-likeness (QED) is 0.475. The van der Waals surface area contributed by atoms with Gasteiger partial charge in [0.05, 0.1) is 38.0 Å². The predicted molar refractivity (Wildman–Crippen MR) is 116 cm³/mol. The molecule has 35 heavy (non-hydrogen) atoms. The van der Waals surface area contributed by atoms with Gasteiger partial charge in [-0.2, -0.15) is 13.2 Å². The molecule has 0 radical (unpaired) electrons. The molecule has 1 aliphatic rings. The van der Waals surface area contributed by atoms with Crippen LogP contribution in [0.15, 0.2) is 24.3 Å². The Morgan fingerprint density at radius 2 is 1.89 bits per heavy atom. The molecule has 0 amide bonds. The van der Waals surface area contributed by atoms with Gasteiger partial charge in [0.25, 0.3) is 0 Å². The molecular weight excluding hydrogens is 477 g/mol. The number of hydrogen-bond donors (Lipinski definition) is 1. The minimum absolute atomic E-state index is 0.125. The first-order valence-corrected chi connectivity index (χ1v) is 10.6. The summed E-state index contributed by atoms with van der Waals surface area (Å²) in [4.78, 5) is 8.64. The van der Waals surface area contributed by atoms with Crippen LogP contribution in [0.3, 0.4) is 0 Å². The normalized spacial score (nSPS) is 16.4. The lowest BCUT2D eigenvalue weighted by Crippen LogP contribution is -2.33. The third-order valence-corrected chi connectivity index (χ3v) is 5.27. The van der Waals surface area contributed by atoms with Crippen LogP contribution in [0.4, 0.5) is 27.8 Å². The van der Waals surface area contributed by atoms with Gasteiger partial charge in [0.1, 0.15) is 36.0 Å². The summed E-state index contributed by atoms with van der Waals surface area (Å²) in [6.45, 7) is 2.70. The van der Waals surface area contributed by atoms with E-state index >= 15 is 0 Å². The number of ether oxygens (including phenoxy) is 4. The number of hydrogen-bond acceptors (Lipinski definition) is 7. The van der Waals surface area contributed by atoms with E-state index < -0.39 is 35.5 Å². The second-order valence-electron chi connectivity index (χ2n) is 7.80. The first-order valence-electron chi connectivity index (χ1n) is 10.6. The van der Waals surface area contributed by atoms with Crippen LogP contribution in [0.25, 0.3) is 10.9 Å². The van der Waals surface area contributed by atoms with Crippen molar-refractivity contribution in [1.82, 2.24) is 9.97 Å². The molecule has 0 saturated carbocycles. The number of fused-ring (bicyclic) bond motifs is 1. The monoisotopic (exact) mass is 499 g/mol. The molecule has 0 aliphatic carbocycles. The molecule has 1 atom stereocenters. The van der Waals surface area contributed by atoms with Crippen molar-refractivity contribution in [3.05, 3.63) is 52.9 Å². The van der Waals surface area contributed by atoms with Gasteiger partial charge in [-0.3, -0.25) is 0 Å². The van der Waals surface area contributed by atoms with Crippen LogP contribution in [0.1, 0.15) is 17.0 Å². The van der Waals surface area contributed by atoms with Crippen molar-refractivity contribution >= 4 is 16.7 Å². The van der Waals surface area contributed by atoms with Crippen LogP contribution in [0, 0.1) is 18.6 Å². The SMILES string of the molecule is COc1cc2nc(C)nc(NCc3cc(F)cc(C(F)(F)F)c3F)c2cc1OC[C@@H]1COCCO1. The maximum absolute atomic E-state index is 14.5. The Hall–Kier alpha value is -3.25. The summed E-state index contributed by atoms with van der Waals surface area (Å²) in [6, 6.07) is 4.05. The summed E-state index contributed by atoms with van der Waals surface area (Å²) in [6.07, 6.45) is -5.30. The molecule has 0 spiro atoms. The summed E-state index contributed by atoms with van der Waals surface area (Å²) in [7, 11) is 1.46. The van der Waals surface area contributed by atoms with Crippen LogP contribution in [0.5, 0.6) is 11.5 Å². The van der Waals surface area contributed by atoms with Crippen molar-refractivity contribution < 1.29 is 40.9 Å². The van der Waals surface area contributed by atoms with Gasteiger partial charge in [-0.15, -0.1) is 0 Å². The van der Waals surface area contributed by atoms with Crippen molar-refractivity contribution in [3.63, 3.8) is 0 Å². The third kappa shape index (κ3) is 5.70. The van der Waals surface area contributed by atoms with Crippen molar-refractivity contribution in [3.8, 4) is 11.5 Å². The topological polar surface area (TPSA) is 74.7 Å². The van der Waals surface area contributed by atoms with E-state index in [2.05, 4.69) is 15.3 Å². The Balaban J connectivity index is 1.64. The lowest BCUT2D eigenvalue weighted by Gasteiger charge is -2.23. The number of rotatable bonds is 7. The second-order valence-corrected chi connectivity index (χ2v) is 7.80. The van der Waals surface area contributed by atoms with Crippen LogP contribution in [-0.2, 0) is 22.2 Å². The largest absolute Gasteiger partial charge is 0.493 e. The van der Waals surface area contributed by atoms with Gasteiger partial charge in [0, 0.05) is 23.6 Å². The zero-order valence-electron chi connectivity index (χ0n) is 18.8. The molecule has 12 heteroatoms. The molecule has 2 heterocycles. The van der Waals surface area contributed by atoms with Crippen LogP contribution in [-0.4, -0.2) is 49.6 Å². The highest BCUT2D eigenvalue weighted by Gasteiger charge is 2.35. The molecule has 1 N–H and O–H groups in total.